The average molecular weight is 542 g/mol. The third-order valence-corrected chi connectivity index (χ3v) is 7.28. The molecule has 3 aromatic rings. The number of anilines is 3. The maximum Gasteiger partial charge on any atom is 0.234 e. The topological polar surface area (TPSA) is 134 Å². The molecule has 3 N–H and O–H groups in total. The molecule has 2 aromatic heterocycles. The molecule has 11 heteroatoms. The Labute approximate surface area is 234 Å². The summed E-state index contributed by atoms with van der Waals surface area (Å²) < 4.78 is 0. The molecule has 40 heavy (non-hydrogen) atoms. The van der Waals surface area contributed by atoms with Crippen molar-refractivity contribution in [2.75, 3.05) is 62.6 Å². The van der Waals surface area contributed by atoms with E-state index in [-0.39, 0.29) is 18.6 Å². The van der Waals surface area contributed by atoms with Gasteiger partial charge >= 0.3 is 0 Å². The number of nitriles is 1. The van der Waals surface area contributed by atoms with Gasteiger partial charge in [-0.05, 0) is 42.3 Å². The zero-order chi connectivity index (χ0) is 27.7. The summed E-state index contributed by atoms with van der Waals surface area (Å²) in [4.78, 5) is 32.9. The molecule has 7 heterocycles. The molecule has 8 rings (SSSR count). The second kappa shape index (κ2) is 13.3. The lowest BCUT2D eigenvalue weighted by atomic mass is 10.1. The van der Waals surface area contributed by atoms with Gasteiger partial charge in [0.2, 0.25) is 11.9 Å². The summed E-state index contributed by atoms with van der Waals surface area (Å²) in [6.07, 6.45) is 4.63. The van der Waals surface area contributed by atoms with Crippen LogP contribution < -0.4 is 15.5 Å². The molecule has 0 aliphatic carbocycles. The van der Waals surface area contributed by atoms with Crippen LogP contribution in [-0.2, 0) is 11.3 Å². The van der Waals surface area contributed by atoms with Gasteiger partial charge in [-0.25, -0.2) is 15.0 Å². The molecule has 1 aromatic carbocycles. The van der Waals surface area contributed by atoms with E-state index in [1.165, 1.54) is 0 Å². The van der Waals surface area contributed by atoms with Crippen molar-refractivity contribution in [1.29, 1.82) is 5.26 Å². The summed E-state index contributed by atoms with van der Waals surface area (Å²) in [7, 11) is 0. The van der Waals surface area contributed by atoms with Crippen LogP contribution in [-0.4, -0.2) is 94.2 Å². The fraction of sp³-hybridized carbons (Fsp3) is 0.414. The molecule has 3 unspecified atom stereocenters. The smallest absolute Gasteiger partial charge is 0.234 e. The van der Waals surface area contributed by atoms with E-state index in [9.17, 15) is 9.90 Å². The third kappa shape index (κ3) is 7.09. The molecule has 0 saturated carbocycles. The summed E-state index contributed by atoms with van der Waals surface area (Å²) in [5.74, 6) is 1.25. The SMILES string of the molecule is N#CCCN1CCCNC(=O)CN2CCN(Cc3cccc(c3)Nc3nccc(n3)-c3ccc1nc3)C(CO)C2. The highest BCUT2D eigenvalue weighted by Gasteiger charge is 2.27. The summed E-state index contributed by atoms with van der Waals surface area (Å²) in [5, 5.41) is 25.6. The number of carbonyl (C=O) groups excluding carboxylic acids is 1. The van der Waals surface area contributed by atoms with Crippen molar-refractivity contribution in [2.24, 2.45) is 0 Å². The minimum atomic E-state index is -0.0505. The van der Waals surface area contributed by atoms with Crippen LogP contribution in [0.4, 0.5) is 17.5 Å². The van der Waals surface area contributed by atoms with Crippen LogP contribution in [0.1, 0.15) is 18.4 Å². The van der Waals surface area contributed by atoms with Crippen molar-refractivity contribution >= 4 is 23.4 Å². The van der Waals surface area contributed by atoms with Gasteiger partial charge in [0.15, 0.2) is 0 Å². The molecular formula is C29H35N9O2. The molecule has 1 saturated heterocycles. The minimum Gasteiger partial charge on any atom is -0.395 e. The number of aromatic nitrogens is 3. The number of piperazine rings is 1. The number of nitrogens with zero attached hydrogens (tertiary/aromatic N) is 7. The average Bonchev–Trinajstić information content (AvgIpc) is 2.97. The zero-order valence-corrected chi connectivity index (χ0v) is 22.5. The number of amides is 1. The Morgan fingerprint density at radius 2 is 2.02 bits per heavy atom. The quantitative estimate of drug-likeness (QED) is 0.452. The maximum atomic E-state index is 12.7. The molecule has 5 aliphatic rings. The third-order valence-electron chi connectivity index (χ3n) is 7.28. The van der Waals surface area contributed by atoms with Gasteiger partial charge in [-0.3, -0.25) is 14.6 Å². The van der Waals surface area contributed by atoms with E-state index in [2.05, 4.69) is 53.5 Å². The predicted molar refractivity (Wildman–Crippen MR) is 153 cm³/mol. The van der Waals surface area contributed by atoms with Crippen LogP contribution in [0, 0.1) is 11.3 Å². The number of aliphatic hydroxyl groups excluding tert-OH is 1. The number of nitrogens with one attached hydrogen (secondary N) is 2. The Hall–Kier alpha value is -4.11. The number of hydrogen-bond donors (Lipinski definition) is 3. The Balaban J connectivity index is 1.41. The highest BCUT2D eigenvalue weighted by Crippen LogP contribution is 2.23. The van der Waals surface area contributed by atoms with E-state index in [1.54, 1.807) is 12.4 Å². The van der Waals surface area contributed by atoms with Crippen molar-refractivity contribution in [2.45, 2.75) is 25.4 Å². The van der Waals surface area contributed by atoms with Gasteiger partial charge < -0.3 is 20.6 Å². The van der Waals surface area contributed by atoms with Gasteiger partial charge in [0.25, 0.3) is 0 Å². The molecule has 11 nitrogen and oxygen atoms in total. The summed E-state index contributed by atoms with van der Waals surface area (Å²) in [6.45, 7) is 4.95. The van der Waals surface area contributed by atoms with Crippen LogP contribution >= 0.6 is 0 Å². The first kappa shape index (κ1) is 27.5. The van der Waals surface area contributed by atoms with Gasteiger partial charge in [-0.2, -0.15) is 5.26 Å². The number of hydrogen-bond acceptors (Lipinski definition) is 10. The van der Waals surface area contributed by atoms with E-state index in [4.69, 9.17) is 10.2 Å². The first-order chi connectivity index (χ1) is 19.6. The standard InChI is InChI=1S/C29H35N9O2/c30-9-2-12-37-13-3-10-31-28(40)20-36-14-15-38(25(19-36)21-39)18-22-4-1-5-24(16-22)34-29-32-11-8-26(35-29)23-6-7-27(37)33-17-23/h1,4-8,11,16-17,25,39H,2-3,10,12-15,18-21H2,(H,31,40)(H,32,34,35). The Morgan fingerprint density at radius 3 is 2.85 bits per heavy atom. The molecule has 1 fully saturated rings. The van der Waals surface area contributed by atoms with E-state index < -0.39 is 0 Å². The van der Waals surface area contributed by atoms with Gasteiger partial charge in [0.1, 0.15) is 5.82 Å². The summed E-state index contributed by atoms with van der Waals surface area (Å²) in [6, 6.07) is 16.1. The van der Waals surface area contributed by atoms with Crippen LogP contribution in [0.2, 0.25) is 0 Å². The Morgan fingerprint density at radius 1 is 1.10 bits per heavy atom. The normalized spacial score (nSPS) is 21.8. The molecular weight excluding hydrogens is 506 g/mol. The number of pyridine rings is 1. The fourth-order valence-corrected chi connectivity index (χ4v) is 5.18. The Bertz CT molecular complexity index is 1330. The molecule has 0 spiro atoms. The summed E-state index contributed by atoms with van der Waals surface area (Å²) in [5.41, 5.74) is 3.61. The van der Waals surface area contributed by atoms with Crippen LogP contribution in [0.15, 0.2) is 54.9 Å². The number of rotatable bonds is 3. The van der Waals surface area contributed by atoms with Gasteiger partial charge in [-0.15, -0.1) is 0 Å². The first-order valence-corrected chi connectivity index (χ1v) is 13.7. The number of carbonyl (C=O) groups is 1. The van der Waals surface area contributed by atoms with Crippen molar-refractivity contribution in [3.8, 4) is 17.3 Å². The van der Waals surface area contributed by atoms with E-state index in [0.717, 1.165) is 47.8 Å². The number of benzene rings is 1. The van der Waals surface area contributed by atoms with Crippen LogP contribution in [0.25, 0.3) is 11.3 Å². The van der Waals surface area contributed by atoms with Crippen LogP contribution in [0.5, 0.6) is 0 Å². The highest BCUT2D eigenvalue weighted by molar-refractivity contribution is 5.78. The van der Waals surface area contributed by atoms with Crippen molar-refractivity contribution in [3.63, 3.8) is 0 Å². The number of aliphatic hydroxyl groups is 1. The monoisotopic (exact) mass is 541 g/mol. The molecule has 8 bridgehead atoms. The largest absolute Gasteiger partial charge is 0.395 e. The van der Waals surface area contributed by atoms with E-state index in [0.29, 0.717) is 51.6 Å². The lowest BCUT2D eigenvalue weighted by Gasteiger charge is -2.40. The molecule has 0 radical (unpaired) electrons. The zero-order valence-electron chi connectivity index (χ0n) is 22.5. The van der Waals surface area contributed by atoms with Gasteiger partial charge in [0.05, 0.1) is 31.3 Å². The van der Waals surface area contributed by atoms with Crippen molar-refractivity contribution in [3.05, 3.63) is 60.4 Å². The second-order valence-electron chi connectivity index (χ2n) is 10.1. The minimum absolute atomic E-state index is 0.0174. The van der Waals surface area contributed by atoms with Gasteiger partial charge in [-0.1, -0.05) is 12.1 Å². The fourth-order valence-electron chi connectivity index (χ4n) is 5.18. The predicted octanol–water partition coefficient (Wildman–Crippen LogP) is 2.00. The summed E-state index contributed by atoms with van der Waals surface area (Å²) >= 11 is 0. The van der Waals surface area contributed by atoms with Gasteiger partial charge in [0, 0.05) is 75.5 Å². The lowest BCUT2D eigenvalue weighted by Crippen LogP contribution is -2.55. The van der Waals surface area contributed by atoms with E-state index in [1.807, 2.05) is 30.3 Å². The Kier molecular flexibility index (Phi) is 9.13. The molecule has 208 valence electrons. The molecule has 5 aliphatic heterocycles. The van der Waals surface area contributed by atoms with Crippen LogP contribution in [0.3, 0.4) is 0 Å². The molecule has 3 atom stereocenters. The van der Waals surface area contributed by atoms with Crippen molar-refractivity contribution in [1.82, 2.24) is 30.1 Å². The van der Waals surface area contributed by atoms with Crippen molar-refractivity contribution < 1.29 is 9.90 Å². The second-order valence-corrected chi connectivity index (χ2v) is 10.1. The van der Waals surface area contributed by atoms with E-state index >= 15 is 0 Å². The highest BCUT2D eigenvalue weighted by atomic mass is 16.3. The molecule has 1 amide bonds. The first-order valence-electron chi connectivity index (χ1n) is 13.7. The lowest BCUT2D eigenvalue weighted by molar-refractivity contribution is -0.123. The maximum absolute atomic E-state index is 12.7.